The molecule has 1 unspecified atom stereocenters. The van der Waals surface area contributed by atoms with E-state index in [0.29, 0.717) is 5.92 Å². The molecule has 0 fully saturated rings. The zero-order valence-electron chi connectivity index (χ0n) is 6.37. The van der Waals surface area contributed by atoms with Gasteiger partial charge in [0.15, 0.2) is 0 Å². The van der Waals surface area contributed by atoms with Crippen molar-refractivity contribution in [2.75, 3.05) is 0 Å². The first-order chi connectivity index (χ1) is 4.54. The molecule has 0 heterocycles. The van der Waals surface area contributed by atoms with E-state index >= 15 is 0 Å². The van der Waals surface area contributed by atoms with Crippen molar-refractivity contribution in [2.45, 2.75) is 20.3 Å². The highest BCUT2D eigenvalue weighted by molar-refractivity contribution is 5.53. The molecule has 0 aromatic heterocycles. The zero-order chi connectivity index (χ0) is 8.57. The Bertz CT molecular complexity index is 95.0. The van der Waals surface area contributed by atoms with E-state index in [-0.39, 0.29) is 0 Å². The van der Waals surface area contributed by atoms with E-state index in [1.165, 1.54) is 6.42 Å². The molecule has 0 saturated heterocycles. The summed E-state index contributed by atoms with van der Waals surface area (Å²) >= 11 is 0. The number of hydrogen-bond donors (Lipinski definition) is 2. The van der Waals surface area contributed by atoms with Crippen LogP contribution in [0, 0.1) is 5.92 Å². The Kier molecular flexibility index (Phi) is 9.42. The van der Waals surface area contributed by atoms with Crippen LogP contribution in [0.4, 0.5) is 4.79 Å². The smallest absolute Gasteiger partial charge is 0.450 e. The Balaban J connectivity index is 0. The number of carbonyl (C=O) groups is 1. The number of rotatable bonds is 2. The van der Waals surface area contributed by atoms with Gasteiger partial charge in [-0.2, -0.15) is 0 Å². The molecule has 0 aliphatic carbocycles. The Morgan fingerprint density at radius 1 is 1.70 bits per heavy atom. The molecule has 60 valence electrons. The molecule has 0 spiro atoms. The fourth-order valence-electron chi connectivity index (χ4n) is 0.167. The second kappa shape index (κ2) is 8.01. The SMILES string of the molecule is C=CC(C)CC.O=C(O)O. The molecular formula is C7H14O3. The maximum atomic E-state index is 8.56. The van der Waals surface area contributed by atoms with Crippen LogP contribution in [0.3, 0.4) is 0 Å². The third-order valence-corrected chi connectivity index (χ3v) is 1.05. The Morgan fingerprint density at radius 3 is 2.00 bits per heavy atom. The first kappa shape index (κ1) is 11.8. The Hall–Kier alpha value is -0.990. The fraction of sp³-hybridized carbons (Fsp3) is 0.571. The van der Waals surface area contributed by atoms with Crippen LogP contribution in [0.25, 0.3) is 0 Å². The van der Waals surface area contributed by atoms with Gasteiger partial charge in [0, 0.05) is 0 Å². The van der Waals surface area contributed by atoms with Crippen molar-refractivity contribution < 1.29 is 15.0 Å². The highest BCUT2D eigenvalue weighted by atomic mass is 16.6. The second-order valence-electron chi connectivity index (χ2n) is 1.90. The lowest BCUT2D eigenvalue weighted by Gasteiger charge is -1.93. The minimum Gasteiger partial charge on any atom is -0.450 e. The van der Waals surface area contributed by atoms with Gasteiger partial charge in [-0.15, -0.1) is 6.58 Å². The van der Waals surface area contributed by atoms with Crippen LogP contribution in [0.1, 0.15) is 20.3 Å². The molecule has 0 aromatic carbocycles. The van der Waals surface area contributed by atoms with Gasteiger partial charge < -0.3 is 10.2 Å². The van der Waals surface area contributed by atoms with Crippen molar-refractivity contribution in [3.05, 3.63) is 12.7 Å². The van der Waals surface area contributed by atoms with Gasteiger partial charge in [0.1, 0.15) is 0 Å². The second-order valence-corrected chi connectivity index (χ2v) is 1.90. The molecule has 0 aliphatic heterocycles. The summed E-state index contributed by atoms with van der Waals surface area (Å²) < 4.78 is 0. The summed E-state index contributed by atoms with van der Waals surface area (Å²) in [6.07, 6.45) is 1.35. The van der Waals surface area contributed by atoms with Crippen molar-refractivity contribution in [1.29, 1.82) is 0 Å². The predicted molar refractivity (Wildman–Crippen MR) is 40.3 cm³/mol. The van der Waals surface area contributed by atoms with Gasteiger partial charge in [-0.1, -0.05) is 26.3 Å². The molecule has 0 bridgehead atoms. The van der Waals surface area contributed by atoms with E-state index in [2.05, 4.69) is 20.4 Å². The number of carboxylic acid groups (broad SMARTS) is 2. The van der Waals surface area contributed by atoms with Crippen molar-refractivity contribution in [3.8, 4) is 0 Å². The van der Waals surface area contributed by atoms with Gasteiger partial charge in [0.05, 0.1) is 0 Å². The Morgan fingerprint density at radius 2 is 2.00 bits per heavy atom. The van der Waals surface area contributed by atoms with Gasteiger partial charge in [-0.3, -0.25) is 0 Å². The van der Waals surface area contributed by atoms with E-state index in [1.807, 2.05) is 6.08 Å². The first-order valence-electron chi connectivity index (χ1n) is 3.09. The lowest BCUT2D eigenvalue weighted by Crippen LogP contribution is -1.81. The van der Waals surface area contributed by atoms with Crippen molar-refractivity contribution in [2.24, 2.45) is 5.92 Å². The maximum Gasteiger partial charge on any atom is 0.503 e. The summed E-state index contributed by atoms with van der Waals surface area (Å²) in [6, 6.07) is 0. The predicted octanol–water partition coefficient (Wildman–Crippen LogP) is 2.44. The van der Waals surface area contributed by atoms with Crippen molar-refractivity contribution in [3.63, 3.8) is 0 Å². The molecule has 0 rings (SSSR count). The monoisotopic (exact) mass is 146 g/mol. The third kappa shape index (κ3) is 27.9. The Labute approximate surface area is 61.0 Å². The molecule has 3 nitrogen and oxygen atoms in total. The molecule has 1 atom stereocenters. The zero-order valence-corrected chi connectivity index (χ0v) is 6.37. The lowest BCUT2D eigenvalue weighted by molar-refractivity contribution is 0.137. The van der Waals surface area contributed by atoms with Crippen molar-refractivity contribution >= 4 is 6.16 Å². The van der Waals surface area contributed by atoms with Crippen LogP contribution < -0.4 is 0 Å². The minimum absolute atomic E-state index is 0.699. The molecule has 0 radical (unpaired) electrons. The fourth-order valence-corrected chi connectivity index (χ4v) is 0.167. The van der Waals surface area contributed by atoms with E-state index in [0.717, 1.165) is 0 Å². The molecule has 0 saturated carbocycles. The largest absolute Gasteiger partial charge is 0.503 e. The van der Waals surface area contributed by atoms with Crippen LogP contribution in [-0.4, -0.2) is 16.4 Å². The van der Waals surface area contributed by atoms with Gasteiger partial charge in [-0.25, -0.2) is 4.79 Å². The topological polar surface area (TPSA) is 57.5 Å². The van der Waals surface area contributed by atoms with E-state index in [4.69, 9.17) is 15.0 Å². The van der Waals surface area contributed by atoms with Crippen molar-refractivity contribution in [1.82, 2.24) is 0 Å². The van der Waals surface area contributed by atoms with Gasteiger partial charge in [-0.05, 0) is 5.92 Å². The van der Waals surface area contributed by atoms with E-state index in [1.54, 1.807) is 0 Å². The standard InChI is InChI=1S/C6H12.CH2O3/c1-4-6(3)5-2;2-1(3)4/h4,6H,1,5H2,2-3H3;(H2,2,3,4). The van der Waals surface area contributed by atoms with Gasteiger partial charge in [0.25, 0.3) is 0 Å². The summed E-state index contributed by atoms with van der Waals surface area (Å²) in [5.41, 5.74) is 0. The summed E-state index contributed by atoms with van der Waals surface area (Å²) in [7, 11) is 0. The van der Waals surface area contributed by atoms with Crippen LogP contribution in [0.15, 0.2) is 12.7 Å². The highest BCUT2D eigenvalue weighted by Crippen LogP contribution is 1.98. The third-order valence-electron chi connectivity index (χ3n) is 1.05. The molecule has 0 aliphatic rings. The van der Waals surface area contributed by atoms with Crippen LogP contribution >= 0.6 is 0 Å². The van der Waals surface area contributed by atoms with Gasteiger partial charge in [0.2, 0.25) is 0 Å². The van der Waals surface area contributed by atoms with Crippen LogP contribution in [0.2, 0.25) is 0 Å². The van der Waals surface area contributed by atoms with Crippen LogP contribution in [0.5, 0.6) is 0 Å². The molecule has 2 N–H and O–H groups in total. The average molecular weight is 146 g/mol. The first-order valence-corrected chi connectivity index (χ1v) is 3.09. The van der Waals surface area contributed by atoms with Gasteiger partial charge >= 0.3 is 6.16 Å². The maximum absolute atomic E-state index is 8.56. The molecule has 0 aromatic rings. The quantitative estimate of drug-likeness (QED) is 0.588. The number of hydrogen-bond acceptors (Lipinski definition) is 1. The molecule has 3 heteroatoms. The van der Waals surface area contributed by atoms with E-state index < -0.39 is 6.16 Å². The number of allylic oxidation sites excluding steroid dienone is 1. The summed E-state index contributed by atoms with van der Waals surface area (Å²) in [5, 5.41) is 13.9. The molecule has 0 amide bonds. The minimum atomic E-state index is -1.83. The summed E-state index contributed by atoms with van der Waals surface area (Å²) in [4.78, 5) is 8.56. The normalized spacial score (nSPS) is 10.6. The summed E-state index contributed by atoms with van der Waals surface area (Å²) in [6.45, 7) is 7.95. The summed E-state index contributed by atoms with van der Waals surface area (Å²) in [5.74, 6) is 0.699. The molecule has 10 heavy (non-hydrogen) atoms. The lowest BCUT2D eigenvalue weighted by atomic mass is 10.1. The van der Waals surface area contributed by atoms with E-state index in [9.17, 15) is 0 Å². The highest BCUT2D eigenvalue weighted by Gasteiger charge is 1.84. The molecular weight excluding hydrogens is 132 g/mol. The van der Waals surface area contributed by atoms with Crippen LogP contribution in [-0.2, 0) is 0 Å². The average Bonchev–Trinajstić information content (AvgIpc) is 1.85.